The highest BCUT2D eigenvalue weighted by molar-refractivity contribution is 6.76. The summed E-state index contributed by atoms with van der Waals surface area (Å²) < 4.78 is 12.5. The van der Waals surface area contributed by atoms with Crippen molar-refractivity contribution in [2.24, 2.45) is 0 Å². The lowest BCUT2D eigenvalue weighted by Crippen LogP contribution is -2.22. The van der Waals surface area contributed by atoms with Crippen molar-refractivity contribution in [2.75, 3.05) is 19.0 Å². The monoisotopic (exact) mass is 451 g/mol. The molecule has 1 N–H and O–H groups in total. The molecule has 0 fully saturated rings. The zero-order valence-electron chi connectivity index (χ0n) is 19.0. The van der Waals surface area contributed by atoms with Crippen LogP contribution in [0.25, 0.3) is 22.0 Å². The van der Waals surface area contributed by atoms with E-state index >= 15 is 0 Å². The van der Waals surface area contributed by atoms with Gasteiger partial charge in [0.05, 0.1) is 12.6 Å². The van der Waals surface area contributed by atoms with Crippen molar-refractivity contribution in [2.45, 2.75) is 32.4 Å². The van der Waals surface area contributed by atoms with E-state index in [1.54, 1.807) is 10.7 Å². The van der Waals surface area contributed by atoms with Crippen molar-refractivity contribution in [1.29, 1.82) is 0 Å². The summed E-state index contributed by atoms with van der Waals surface area (Å²) in [5.74, 6) is -0.777. The van der Waals surface area contributed by atoms with Gasteiger partial charge in [-0.25, -0.2) is 9.48 Å². The van der Waals surface area contributed by atoms with Gasteiger partial charge >= 0.3 is 5.97 Å². The fraction of sp³-hybridized carbons (Fsp3) is 0.292. The van der Waals surface area contributed by atoms with E-state index in [4.69, 9.17) is 9.47 Å². The average Bonchev–Trinajstić information content (AvgIpc) is 3.13. The lowest BCUT2D eigenvalue weighted by atomic mass is 10.0. The van der Waals surface area contributed by atoms with E-state index < -0.39 is 14.0 Å². The molecule has 0 saturated carbocycles. The molecule has 2 aromatic carbocycles. The minimum atomic E-state index is -1.19. The Morgan fingerprint density at radius 2 is 1.91 bits per heavy atom. The number of rotatable bonds is 9. The molecular formula is C24H29N3O4Si. The van der Waals surface area contributed by atoms with E-state index in [0.29, 0.717) is 17.7 Å². The van der Waals surface area contributed by atoms with E-state index in [9.17, 15) is 9.59 Å². The van der Waals surface area contributed by atoms with Gasteiger partial charge in [0.25, 0.3) is 0 Å². The number of anilines is 1. The fourth-order valence-corrected chi connectivity index (χ4v) is 3.96. The Hall–Kier alpha value is -3.23. The Labute approximate surface area is 189 Å². The maximum atomic E-state index is 12.4. The topological polar surface area (TPSA) is 82.5 Å². The van der Waals surface area contributed by atoms with Crippen LogP contribution in [0.15, 0.2) is 55.1 Å². The number of hydrogen-bond donors (Lipinski definition) is 1. The van der Waals surface area contributed by atoms with Crippen molar-refractivity contribution in [1.82, 2.24) is 9.78 Å². The number of aromatic nitrogens is 2. The van der Waals surface area contributed by atoms with E-state index in [1.807, 2.05) is 36.4 Å². The third-order valence-corrected chi connectivity index (χ3v) is 6.69. The number of amides is 1. The first kappa shape index (κ1) is 23.4. The quantitative estimate of drug-likeness (QED) is 0.216. The molecule has 0 aliphatic rings. The first-order valence-corrected chi connectivity index (χ1v) is 14.1. The predicted octanol–water partition coefficient (Wildman–Crippen LogP) is 4.93. The normalized spacial score (nSPS) is 11.4. The molecule has 0 atom stereocenters. The number of ether oxygens (including phenoxy) is 2. The molecule has 168 valence electrons. The van der Waals surface area contributed by atoms with Crippen molar-refractivity contribution in [3.05, 3.63) is 60.8 Å². The van der Waals surface area contributed by atoms with Crippen LogP contribution in [0.2, 0.25) is 25.7 Å². The van der Waals surface area contributed by atoms with Crippen LogP contribution in [0.5, 0.6) is 0 Å². The van der Waals surface area contributed by atoms with Crippen molar-refractivity contribution in [3.63, 3.8) is 0 Å². The van der Waals surface area contributed by atoms with Crippen LogP contribution in [-0.2, 0) is 21.0 Å². The third-order valence-electron chi connectivity index (χ3n) is 4.99. The first-order valence-electron chi connectivity index (χ1n) is 10.4. The number of nitrogens with zero attached hydrogens (tertiary/aromatic N) is 2. The molecule has 1 amide bonds. The molecule has 3 aromatic rings. The summed E-state index contributed by atoms with van der Waals surface area (Å²) in [6, 6.07) is 14.3. The predicted molar refractivity (Wildman–Crippen MR) is 129 cm³/mol. The minimum Gasteiger partial charge on any atom is -0.464 e. The lowest BCUT2D eigenvalue weighted by molar-refractivity contribution is -0.111. The van der Waals surface area contributed by atoms with Crippen LogP contribution in [0, 0.1) is 0 Å². The number of nitrogens with one attached hydrogen (secondary N) is 1. The summed E-state index contributed by atoms with van der Waals surface area (Å²) in [5, 5.41) is 7.90. The number of carbonyl (C=O) groups is 2. The molecule has 0 aliphatic carbocycles. The molecule has 8 heteroatoms. The molecular weight excluding hydrogens is 422 g/mol. The van der Waals surface area contributed by atoms with Crippen molar-refractivity contribution in [3.8, 4) is 11.1 Å². The molecule has 0 spiro atoms. The smallest absolute Gasteiger partial charge is 0.359 e. The van der Waals surface area contributed by atoms with Crippen LogP contribution in [0.1, 0.15) is 10.5 Å². The van der Waals surface area contributed by atoms with E-state index in [-0.39, 0.29) is 18.3 Å². The van der Waals surface area contributed by atoms with Gasteiger partial charge in [0.1, 0.15) is 6.73 Å². The second kappa shape index (κ2) is 9.93. The van der Waals surface area contributed by atoms with Crippen LogP contribution < -0.4 is 5.32 Å². The van der Waals surface area contributed by atoms with Gasteiger partial charge in [-0.1, -0.05) is 44.4 Å². The third kappa shape index (κ3) is 5.71. The van der Waals surface area contributed by atoms with Gasteiger partial charge in [0.2, 0.25) is 5.91 Å². The van der Waals surface area contributed by atoms with Gasteiger partial charge < -0.3 is 14.8 Å². The van der Waals surface area contributed by atoms with Crippen LogP contribution in [-0.4, -0.2) is 43.4 Å². The van der Waals surface area contributed by atoms with Gasteiger partial charge in [0.15, 0.2) is 5.69 Å². The van der Waals surface area contributed by atoms with Crippen molar-refractivity contribution < 1.29 is 19.1 Å². The standard InChI is InChI=1S/C24H29N3O4Si/c1-6-22(28)25-19-9-7-8-17(14-19)18-10-11-21-20(15-18)23(24(29)30-2)26-27(21)16-31-12-13-32(3,4)5/h6-11,14-15H,1,12-13,16H2,2-5H3,(H,25,28). The summed E-state index contributed by atoms with van der Waals surface area (Å²) in [5.41, 5.74) is 3.47. The highest BCUT2D eigenvalue weighted by atomic mass is 28.3. The second-order valence-corrected chi connectivity index (χ2v) is 14.3. The van der Waals surface area contributed by atoms with Gasteiger partial charge in [0, 0.05) is 25.8 Å². The van der Waals surface area contributed by atoms with Gasteiger partial charge in [-0.2, -0.15) is 5.10 Å². The maximum absolute atomic E-state index is 12.4. The molecule has 0 saturated heterocycles. The number of benzene rings is 2. The average molecular weight is 452 g/mol. The zero-order chi connectivity index (χ0) is 23.3. The Morgan fingerprint density at radius 3 is 2.59 bits per heavy atom. The molecule has 1 aromatic heterocycles. The minimum absolute atomic E-state index is 0.245. The van der Waals surface area contributed by atoms with E-state index in [2.05, 4.69) is 36.6 Å². The van der Waals surface area contributed by atoms with Crippen LogP contribution in [0.3, 0.4) is 0 Å². The molecule has 7 nitrogen and oxygen atoms in total. The molecule has 0 bridgehead atoms. The van der Waals surface area contributed by atoms with Crippen LogP contribution >= 0.6 is 0 Å². The first-order chi connectivity index (χ1) is 15.2. The second-order valence-electron chi connectivity index (χ2n) is 8.69. The molecule has 0 radical (unpaired) electrons. The highest BCUT2D eigenvalue weighted by Crippen LogP contribution is 2.29. The fourth-order valence-electron chi connectivity index (χ4n) is 3.20. The van der Waals surface area contributed by atoms with Crippen LogP contribution in [0.4, 0.5) is 5.69 Å². The summed E-state index contributed by atoms with van der Waals surface area (Å²) in [6.45, 7) is 11.3. The Kier molecular flexibility index (Phi) is 7.27. The number of fused-ring (bicyclic) bond motifs is 1. The highest BCUT2D eigenvalue weighted by Gasteiger charge is 2.19. The Bertz CT molecular complexity index is 1150. The summed E-state index contributed by atoms with van der Waals surface area (Å²) in [6.07, 6.45) is 1.22. The number of hydrogen-bond acceptors (Lipinski definition) is 5. The van der Waals surface area contributed by atoms with Crippen molar-refractivity contribution >= 4 is 36.5 Å². The largest absolute Gasteiger partial charge is 0.464 e. The van der Waals surface area contributed by atoms with Gasteiger partial charge in [-0.05, 0) is 47.5 Å². The molecule has 0 unspecified atom stereocenters. The van der Waals surface area contributed by atoms with E-state index in [1.165, 1.54) is 13.2 Å². The number of esters is 1. The number of carbonyl (C=O) groups excluding carboxylic acids is 2. The lowest BCUT2D eigenvalue weighted by Gasteiger charge is -2.15. The zero-order valence-corrected chi connectivity index (χ0v) is 20.0. The molecule has 1 heterocycles. The molecule has 32 heavy (non-hydrogen) atoms. The maximum Gasteiger partial charge on any atom is 0.359 e. The Balaban J connectivity index is 1.93. The molecule has 0 aliphatic heterocycles. The number of methoxy groups -OCH3 is 1. The summed E-state index contributed by atoms with van der Waals surface area (Å²) in [4.78, 5) is 24.0. The van der Waals surface area contributed by atoms with Gasteiger partial charge in [-0.15, -0.1) is 0 Å². The summed E-state index contributed by atoms with van der Waals surface area (Å²) >= 11 is 0. The summed E-state index contributed by atoms with van der Waals surface area (Å²) in [7, 11) is 0.150. The Morgan fingerprint density at radius 1 is 1.16 bits per heavy atom. The SMILES string of the molecule is C=CC(=O)Nc1cccc(-c2ccc3c(c2)c(C(=O)OC)nn3COCC[Si](C)(C)C)c1. The van der Waals surface area contributed by atoms with E-state index in [0.717, 1.165) is 22.7 Å². The van der Waals surface area contributed by atoms with Gasteiger partial charge in [-0.3, -0.25) is 4.79 Å². The molecule has 3 rings (SSSR count).